The molecule has 1 aromatic carbocycles. The molecule has 5 heteroatoms. The number of nitrogens with two attached hydrogens (primary N) is 1. The third-order valence-corrected chi connectivity index (χ3v) is 3.18. The maximum absolute atomic E-state index is 11.5. The summed E-state index contributed by atoms with van der Waals surface area (Å²) in [7, 11) is 0. The van der Waals surface area contributed by atoms with Crippen LogP contribution in [0, 0.1) is 0 Å². The van der Waals surface area contributed by atoms with Crippen LogP contribution in [0.5, 0.6) is 5.75 Å². The Morgan fingerprint density at radius 2 is 2.19 bits per heavy atom. The van der Waals surface area contributed by atoms with Crippen LogP contribution in [0.3, 0.4) is 0 Å². The number of amides is 1. The van der Waals surface area contributed by atoms with Crippen molar-refractivity contribution < 1.29 is 9.53 Å². The molecule has 1 heterocycles. The Morgan fingerprint density at radius 3 is 3.05 bits per heavy atom. The average Bonchev–Trinajstić information content (AvgIpc) is 2.51. The summed E-state index contributed by atoms with van der Waals surface area (Å²) in [5.41, 5.74) is 9.89. The minimum atomic E-state index is -0.0685. The summed E-state index contributed by atoms with van der Waals surface area (Å²) >= 11 is 0. The summed E-state index contributed by atoms with van der Waals surface area (Å²) in [5.74, 6) is 0.805. The quantitative estimate of drug-likeness (QED) is 0.458. The Labute approximate surface area is 124 Å². The van der Waals surface area contributed by atoms with Gasteiger partial charge in [-0.15, -0.1) is 0 Å². The van der Waals surface area contributed by atoms with Crippen molar-refractivity contribution in [2.75, 3.05) is 13.2 Å². The molecule has 0 aliphatic carbocycles. The van der Waals surface area contributed by atoms with Crippen LogP contribution in [0.15, 0.2) is 34.9 Å². The Bertz CT molecular complexity index is 538. The highest BCUT2D eigenvalue weighted by atomic mass is 16.5. The lowest BCUT2D eigenvalue weighted by molar-refractivity contribution is -0.121. The minimum absolute atomic E-state index is 0.0685. The maximum Gasteiger partial charge on any atom is 0.240 e. The number of unbranched alkanes of at least 4 members (excludes halogenated alkanes) is 2. The normalized spacial score (nSPS) is 13.5. The van der Waals surface area contributed by atoms with Crippen LogP contribution < -0.4 is 15.9 Å². The second kappa shape index (κ2) is 8.21. The Hall–Kier alpha value is -2.14. The van der Waals surface area contributed by atoms with Crippen LogP contribution in [-0.4, -0.2) is 25.3 Å². The molecule has 0 atom stereocenters. The molecule has 21 heavy (non-hydrogen) atoms. The van der Waals surface area contributed by atoms with Crippen molar-refractivity contribution in [2.45, 2.75) is 25.7 Å². The molecule has 2 rings (SSSR count). The van der Waals surface area contributed by atoms with E-state index in [4.69, 9.17) is 10.5 Å². The number of nitrogens with zero attached hydrogens (tertiary/aromatic N) is 1. The molecule has 0 unspecified atom stereocenters. The molecule has 0 bridgehead atoms. The topological polar surface area (TPSA) is 76.7 Å². The highest BCUT2D eigenvalue weighted by Gasteiger charge is 2.08. The largest absolute Gasteiger partial charge is 0.488 e. The van der Waals surface area contributed by atoms with Gasteiger partial charge in [-0.05, 0) is 31.5 Å². The number of fused-ring (bicyclic) bond motifs is 1. The molecule has 5 nitrogen and oxygen atoms in total. The van der Waals surface area contributed by atoms with Crippen LogP contribution in [0.4, 0.5) is 0 Å². The number of carbonyl (C=O) groups excluding carboxylic acids is 1. The van der Waals surface area contributed by atoms with E-state index in [2.05, 4.69) is 10.5 Å². The van der Waals surface area contributed by atoms with Crippen molar-refractivity contribution in [1.29, 1.82) is 0 Å². The van der Waals surface area contributed by atoms with Crippen molar-refractivity contribution >= 4 is 18.2 Å². The lowest BCUT2D eigenvalue weighted by atomic mass is 10.1. The second-order valence-electron chi connectivity index (χ2n) is 4.94. The predicted molar refractivity (Wildman–Crippen MR) is 84.1 cm³/mol. The Kier molecular flexibility index (Phi) is 5.97. The third kappa shape index (κ3) is 5.04. The monoisotopic (exact) mass is 287 g/mol. The average molecular weight is 287 g/mol. The molecular formula is C16H21N3O2. The number of benzene rings is 1. The van der Waals surface area contributed by atoms with Gasteiger partial charge >= 0.3 is 0 Å². The zero-order valence-electron chi connectivity index (χ0n) is 12.0. The molecule has 0 fully saturated rings. The Morgan fingerprint density at radius 1 is 1.33 bits per heavy atom. The summed E-state index contributed by atoms with van der Waals surface area (Å²) in [5, 5.41) is 3.97. The van der Waals surface area contributed by atoms with Crippen molar-refractivity contribution in [3.63, 3.8) is 0 Å². The summed E-state index contributed by atoms with van der Waals surface area (Å²) in [6, 6.07) is 7.82. The summed E-state index contributed by atoms with van der Waals surface area (Å²) in [6.07, 6.45) is 6.90. The smallest absolute Gasteiger partial charge is 0.240 e. The van der Waals surface area contributed by atoms with E-state index in [0.717, 1.165) is 36.1 Å². The van der Waals surface area contributed by atoms with Gasteiger partial charge in [-0.3, -0.25) is 4.79 Å². The van der Waals surface area contributed by atoms with Gasteiger partial charge in [-0.2, -0.15) is 5.10 Å². The van der Waals surface area contributed by atoms with Gasteiger partial charge in [0.05, 0.1) is 6.21 Å². The van der Waals surface area contributed by atoms with E-state index in [1.165, 1.54) is 0 Å². The number of carbonyl (C=O) groups is 1. The molecule has 1 aliphatic rings. The highest BCUT2D eigenvalue weighted by Crippen LogP contribution is 2.24. The number of ether oxygens (including phenoxy) is 1. The highest BCUT2D eigenvalue weighted by molar-refractivity contribution is 5.88. The SMILES string of the molecule is NCCCCCC(=O)NN=CC1=Cc2ccccc2OC1. The van der Waals surface area contributed by atoms with E-state index in [-0.39, 0.29) is 5.91 Å². The molecule has 0 saturated carbocycles. The number of hydrogen-bond donors (Lipinski definition) is 2. The van der Waals surface area contributed by atoms with Gasteiger partial charge < -0.3 is 10.5 Å². The van der Waals surface area contributed by atoms with Gasteiger partial charge in [0.15, 0.2) is 0 Å². The second-order valence-corrected chi connectivity index (χ2v) is 4.94. The molecule has 1 aromatic rings. The van der Waals surface area contributed by atoms with Gasteiger partial charge in [-0.1, -0.05) is 24.6 Å². The van der Waals surface area contributed by atoms with Crippen molar-refractivity contribution in [3.05, 3.63) is 35.4 Å². The van der Waals surface area contributed by atoms with Crippen LogP contribution in [0.2, 0.25) is 0 Å². The van der Waals surface area contributed by atoms with Crippen LogP contribution in [-0.2, 0) is 4.79 Å². The standard InChI is InChI=1S/C16H21N3O2/c17-9-5-1-2-8-16(20)19-18-11-13-10-14-6-3-4-7-15(14)21-12-13/h3-4,6-7,10-11H,1-2,5,8-9,12,17H2,(H,19,20). The number of nitrogens with one attached hydrogen (secondary N) is 1. The van der Waals surface area contributed by atoms with E-state index >= 15 is 0 Å². The zero-order valence-corrected chi connectivity index (χ0v) is 12.0. The predicted octanol–water partition coefficient (Wildman–Crippen LogP) is 2.08. The first-order valence-electron chi connectivity index (χ1n) is 7.24. The molecular weight excluding hydrogens is 266 g/mol. The van der Waals surface area contributed by atoms with Crippen molar-refractivity contribution in [3.8, 4) is 5.75 Å². The van der Waals surface area contributed by atoms with Gasteiger partial charge in [-0.25, -0.2) is 5.43 Å². The first kappa shape index (κ1) is 15.3. The fraction of sp³-hybridized carbons (Fsp3) is 0.375. The molecule has 0 saturated heterocycles. The first-order chi connectivity index (χ1) is 10.3. The fourth-order valence-corrected chi connectivity index (χ4v) is 2.06. The lowest BCUT2D eigenvalue weighted by Crippen LogP contribution is -2.18. The summed E-state index contributed by atoms with van der Waals surface area (Å²) < 4.78 is 5.60. The van der Waals surface area contributed by atoms with E-state index in [0.29, 0.717) is 19.6 Å². The molecule has 112 valence electrons. The fourth-order valence-electron chi connectivity index (χ4n) is 2.06. The first-order valence-corrected chi connectivity index (χ1v) is 7.24. The number of para-hydroxylation sites is 1. The summed E-state index contributed by atoms with van der Waals surface area (Å²) in [4.78, 5) is 11.5. The van der Waals surface area contributed by atoms with Crippen molar-refractivity contribution in [2.24, 2.45) is 10.8 Å². The van der Waals surface area contributed by atoms with Crippen molar-refractivity contribution in [1.82, 2.24) is 5.43 Å². The number of rotatable bonds is 7. The number of hydrazone groups is 1. The van der Waals surface area contributed by atoms with Crippen LogP contribution in [0.1, 0.15) is 31.2 Å². The van der Waals surface area contributed by atoms with Gasteiger partial charge in [0.2, 0.25) is 5.91 Å². The molecule has 0 radical (unpaired) electrons. The lowest BCUT2D eigenvalue weighted by Gasteiger charge is -2.15. The zero-order chi connectivity index (χ0) is 14.9. The molecule has 3 N–H and O–H groups in total. The molecule has 0 aromatic heterocycles. The van der Waals surface area contributed by atoms with Gasteiger partial charge in [0.25, 0.3) is 0 Å². The molecule has 1 amide bonds. The molecule has 0 spiro atoms. The van der Waals surface area contributed by atoms with E-state index in [9.17, 15) is 4.79 Å². The number of hydrogen-bond acceptors (Lipinski definition) is 4. The minimum Gasteiger partial charge on any atom is -0.488 e. The summed E-state index contributed by atoms with van der Waals surface area (Å²) in [6.45, 7) is 1.14. The third-order valence-electron chi connectivity index (χ3n) is 3.18. The van der Waals surface area contributed by atoms with E-state index in [1.807, 2.05) is 30.3 Å². The van der Waals surface area contributed by atoms with Crippen LogP contribution in [0.25, 0.3) is 6.08 Å². The van der Waals surface area contributed by atoms with E-state index < -0.39 is 0 Å². The van der Waals surface area contributed by atoms with Gasteiger partial charge in [0.1, 0.15) is 12.4 Å². The van der Waals surface area contributed by atoms with Gasteiger partial charge in [0, 0.05) is 17.6 Å². The van der Waals surface area contributed by atoms with E-state index in [1.54, 1.807) is 6.21 Å². The molecule has 1 aliphatic heterocycles. The maximum atomic E-state index is 11.5. The Balaban J connectivity index is 1.77. The van der Waals surface area contributed by atoms with Crippen LogP contribution >= 0.6 is 0 Å².